The third-order valence-electron chi connectivity index (χ3n) is 6.35. The lowest BCUT2D eigenvalue weighted by Crippen LogP contribution is -2.15. The summed E-state index contributed by atoms with van der Waals surface area (Å²) in [5.74, 6) is 1.72. The van der Waals surface area contributed by atoms with E-state index in [0.29, 0.717) is 23.5 Å². The second-order valence-electron chi connectivity index (χ2n) is 8.92. The van der Waals surface area contributed by atoms with E-state index in [-0.39, 0.29) is 24.6 Å². The first kappa shape index (κ1) is 27.1. The molecule has 37 heavy (non-hydrogen) atoms. The molecule has 3 aromatic carbocycles. The number of thioether (sulfide) groups is 1. The van der Waals surface area contributed by atoms with Crippen LogP contribution in [0.25, 0.3) is 0 Å². The van der Waals surface area contributed by atoms with Gasteiger partial charge < -0.3 is 14.6 Å². The number of fused-ring (bicyclic) bond motifs is 1. The van der Waals surface area contributed by atoms with Crippen molar-refractivity contribution in [1.82, 2.24) is 0 Å². The predicted octanol–water partition coefficient (Wildman–Crippen LogP) is 6.57. The van der Waals surface area contributed by atoms with Gasteiger partial charge in [0.15, 0.2) is 5.78 Å². The smallest absolute Gasteiger partial charge is 0.416 e. The molecule has 0 spiro atoms. The molecule has 0 radical (unpaired) electrons. The molecular weight excluding hydrogens is 501 g/mol. The van der Waals surface area contributed by atoms with E-state index in [1.54, 1.807) is 24.8 Å². The molecule has 8 heteroatoms. The van der Waals surface area contributed by atoms with Crippen molar-refractivity contribution in [2.45, 2.75) is 56.0 Å². The third-order valence-corrected chi connectivity index (χ3v) is 7.52. The molecule has 4 rings (SSSR count). The van der Waals surface area contributed by atoms with Crippen LogP contribution in [0.2, 0.25) is 0 Å². The van der Waals surface area contributed by atoms with Crippen LogP contribution >= 0.6 is 11.8 Å². The van der Waals surface area contributed by atoms with Gasteiger partial charge in [-0.15, -0.1) is 11.8 Å². The van der Waals surface area contributed by atoms with Crippen molar-refractivity contribution >= 4 is 17.5 Å². The van der Waals surface area contributed by atoms with E-state index in [4.69, 9.17) is 14.6 Å². The van der Waals surface area contributed by atoms with Gasteiger partial charge in [-0.2, -0.15) is 13.2 Å². The highest BCUT2D eigenvalue weighted by atomic mass is 32.2. The van der Waals surface area contributed by atoms with Crippen molar-refractivity contribution in [3.63, 3.8) is 0 Å². The van der Waals surface area contributed by atoms with Crippen LogP contribution in [-0.4, -0.2) is 24.1 Å². The first-order chi connectivity index (χ1) is 17.8. The molecular formula is C29H29F3O4S. The molecule has 0 unspecified atom stereocenters. The van der Waals surface area contributed by atoms with Crippen molar-refractivity contribution in [2.75, 3.05) is 13.2 Å². The van der Waals surface area contributed by atoms with E-state index in [2.05, 4.69) is 0 Å². The molecule has 0 saturated heterocycles. The summed E-state index contributed by atoms with van der Waals surface area (Å²) < 4.78 is 51.3. The standard InChI is InChI=1S/C29H29F3O4S/c1-2-21-9-6-20(14-26(21)29(30,31)32)16-35-23-10-7-19(8-11-23)18-37-28-13-12-27(36-17-22(34)15-33)24-4-3-5-25(24)28/h6-14,33H,2-5,15-18H2,1H3. The van der Waals surface area contributed by atoms with Crippen LogP contribution in [0.5, 0.6) is 11.5 Å². The maximum absolute atomic E-state index is 13.3. The Morgan fingerprint density at radius 1 is 0.973 bits per heavy atom. The number of hydrogen-bond acceptors (Lipinski definition) is 5. The number of carbonyl (C=O) groups is 1. The molecule has 0 amide bonds. The van der Waals surface area contributed by atoms with Crippen molar-refractivity contribution in [2.24, 2.45) is 0 Å². The zero-order valence-corrected chi connectivity index (χ0v) is 21.4. The fourth-order valence-corrected chi connectivity index (χ4v) is 5.49. The summed E-state index contributed by atoms with van der Waals surface area (Å²) in [4.78, 5) is 12.6. The number of Topliss-reactive ketones (excluding diaryl/α,β-unsaturated/α-hetero) is 1. The lowest BCUT2D eigenvalue weighted by Gasteiger charge is -2.14. The molecule has 1 N–H and O–H groups in total. The van der Waals surface area contributed by atoms with E-state index >= 15 is 0 Å². The number of aryl methyl sites for hydroxylation is 1. The summed E-state index contributed by atoms with van der Waals surface area (Å²) in [5, 5.41) is 8.90. The number of ketones is 1. The van der Waals surface area contributed by atoms with Gasteiger partial charge in [0.05, 0.1) is 5.56 Å². The third kappa shape index (κ3) is 6.87. The van der Waals surface area contributed by atoms with Crippen molar-refractivity contribution in [3.05, 3.63) is 88.0 Å². The number of hydrogen-bond donors (Lipinski definition) is 1. The average Bonchev–Trinajstić information content (AvgIpc) is 3.40. The van der Waals surface area contributed by atoms with E-state index in [1.165, 1.54) is 22.6 Å². The lowest BCUT2D eigenvalue weighted by molar-refractivity contribution is -0.138. The number of aliphatic hydroxyl groups is 1. The van der Waals surface area contributed by atoms with E-state index in [9.17, 15) is 18.0 Å². The van der Waals surface area contributed by atoms with Gasteiger partial charge in [-0.05, 0) is 83.8 Å². The van der Waals surface area contributed by atoms with Crippen LogP contribution in [0.3, 0.4) is 0 Å². The van der Waals surface area contributed by atoms with Crippen LogP contribution in [0.1, 0.15) is 46.7 Å². The maximum Gasteiger partial charge on any atom is 0.416 e. The topological polar surface area (TPSA) is 55.8 Å². The molecule has 0 fully saturated rings. The van der Waals surface area contributed by atoms with E-state index < -0.39 is 18.3 Å². The summed E-state index contributed by atoms with van der Waals surface area (Å²) in [6, 6.07) is 15.9. The summed E-state index contributed by atoms with van der Waals surface area (Å²) in [5.41, 5.74) is 3.65. The predicted molar refractivity (Wildman–Crippen MR) is 137 cm³/mol. The number of ether oxygens (including phenoxy) is 2. The van der Waals surface area contributed by atoms with E-state index in [0.717, 1.165) is 36.1 Å². The zero-order valence-electron chi connectivity index (χ0n) is 20.6. The summed E-state index contributed by atoms with van der Waals surface area (Å²) in [6.07, 6.45) is -1.15. The molecule has 3 aromatic rings. The summed E-state index contributed by atoms with van der Waals surface area (Å²) in [7, 11) is 0. The Balaban J connectivity index is 1.35. The Kier molecular flexibility index (Phi) is 8.82. The van der Waals surface area contributed by atoms with Gasteiger partial charge in [-0.25, -0.2) is 0 Å². The van der Waals surface area contributed by atoms with Gasteiger partial charge in [0.25, 0.3) is 0 Å². The summed E-state index contributed by atoms with van der Waals surface area (Å²) in [6.45, 7) is 1.12. The molecule has 196 valence electrons. The van der Waals surface area contributed by atoms with Gasteiger partial charge in [0, 0.05) is 10.6 Å². The second-order valence-corrected chi connectivity index (χ2v) is 9.94. The van der Waals surface area contributed by atoms with Crippen LogP contribution in [0, 0.1) is 0 Å². The highest BCUT2D eigenvalue weighted by Gasteiger charge is 2.33. The number of aliphatic hydroxyl groups excluding tert-OH is 1. The van der Waals surface area contributed by atoms with Crippen molar-refractivity contribution < 1.29 is 32.5 Å². The molecule has 0 heterocycles. The molecule has 0 atom stereocenters. The minimum atomic E-state index is -4.38. The van der Waals surface area contributed by atoms with E-state index in [1.807, 2.05) is 36.4 Å². The van der Waals surface area contributed by atoms with Crippen LogP contribution in [-0.2, 0) is 42.6 Å². The Morgan fingerprint density at radius 2 is 1.70 bits per heavy atom. The first-order valence-corrected chi connectivity index (χ1v) is 13.2. The molecule has 1 aliphatic carbocycles. The summed E-state index contributed by atoms with van der Waals surface area (Å²) >= 11 is 1.73. The average molecular weight is 531 g/mol. The van der Waals surface area contributed by atoms with Gasteiger partial charge in [-0.1, -0.05) is 31.2 Å². The fraction of sp³-hybridized carbons (Fsp3) is 0.345. The van der Waals surface area contributed by atoms with Crippen molar-refractivity contribution in [3.8, 4) is 11.5 Å². The monoisotopic (exact) mass is 530 g/mol. The molecule has 1 aliphatic rings. The van der Waals surface area contributed by atoms with Gasteiger partial charge in [0.2, 0.25) is 0 Å². The molecule has 0 saturated carbocycles. The Hall–Kier alpha value is -2.97. The maximum atomic E-state index is 13.3. The van der Waals surface area contributed by atoms with Gasteiger partial charge in [0.1, 0.15) is 31.3 Å². The Morgan fingerprint density at radius 3 is 2.41 bits per heavy atom. The lowest BCUT2D eigenvalue weighted by atomic mass is 10.0. The normalized spacial score (nSPS) is 12.9. The largest absolute Gasteiger partial charge is 0.489 e. The highest BCUT2D eigenvalue weighted by Crippen LogP contribution is 2.39. The second kappa shape index (κ2) is 12.0. The van der Waals surface area contributed by atoms with Crippen molar-refractivity contribution in [1.29, 1.82) is 0 Å². The Bertz CT molecular complexity index is 1240. The molecule has 0 aliphatic heterocycles. The number of carbonyl (C=O) groups excluding carboxylic acids is 1. The van der Waals surface area contributed by atoms with Gasteiger partial charge in [-0.3, -0.25) is 4.79 Å². The molecule has 4 nitrogen and oxygen atoms in total. The highest BCUT2D eigenvalue weighted by molar-refractivity contribution is 7.98. The minimum Gasteiger partial charge on any atom is -0.489 e. The minimum absolute atomic E-state index is 0.0611. The number of halogens is 3. The Labute approximate surface area is 218 Å². The number of rotatable bonds is 11. The molecule has 0 bridgehead atoms. The number of alkyl halides is 3. The van der Waals surface area contributed by atoms with Crippen LogP contribution in [0.4, 0.5) is 13.2 Å². The first-order valence-electron chi connectivity index (χ1n) is 12.2. The van der Waals surface area contributed by atoms with Crippen LogP contribution in [0.15, 0.2) is 59.5 Å². The SMILES string of the molecule is CCc1ccc(COc2ccc(CSc3ccc(OCC(=O)CO)c4c3CCC4)cc2)cc1C(F)(F)F. The molecule has 0 aromatic heterocycles. The number of benzene rings is 3. The zero-order chi connectivity index (χ0) is 26.4. The van der Waals surface area contributed by atoms with Gasteiger partial charge >= 0.3 is 6.18 Å². The fourth-order valence-electron chi connectivity index (χ4n) is 4.41. The quantitative estimate of drug-likeness (QED) is 0.284. The van der Waals surface area contributed by atoms with Crippen LogP contribution < -0.4 is 9.47 Å².